The number of methoxy groups -OCH3 is 1. The minimum absolute atomic E-state index is 0.0878. The third kappa shape index (κ3) is 5.33. The van der Waals surface area contributed by atoms with Crippen molar-refractivity contribution in [2.45, 2.75) is 0 Å². The quantitative estimate of drug-likeness (QED) is 0.450. The van der Waals surface area contributed by atoms with Gasteiger partial charge in [-0.05, 0) is 30.3 Å². The number of carbonyl (C=O) groups is 3. The number of ketones is 1. The Morgan fingerprint density at radius 1 is 1.22 bits per heavy atom. The summed E-state index contributed by atoms with van der Waals surface area (Å²) in [6.07, 6.45) is 1.53. The molecule has 0 bridgehead atoms. The first-order chi connectivity index (χ1) is 15.2. The maximum Gasteiger partial charge on any atom is 0.265 e. The van der Waals surface area contributed by atoms with Gasteiger partial charge in [-0.15, -0.1) is 6.58 Å². The fraction of sp³-hybridized carbons (Fsp3) is 0.227. The maximum absolute atomic E-state index is 12.6. The van der Waals surface area contributed by atoms with E-state index in [1.807, 2.05) is 0 Å². The number of nitrogens with zero attached hydrogens (tertiary/aromatic N) is 1. The van der Waals surface area contributed by atoms with E-state index in [1.165, 1.54) is 36.3 Å². The summed E-state index contributed by atoms with van der Waals surface area (Å²) in [5.41, 5.74) is 0.770. The van der Waals surface area contributed by atoms with Gasteiger partial charge in [0.25, 0.3) is 5.91 Å². The lowest BCUT2D eigenvalue weighted by Gasteiger charge is -2.28. The summed E-state index contributed by atoms with van der Waals surface area (Å²) in [5.74, 6) is -2.74. The first-order valence-electron chi connectivity index (χ1n) is 9.58. The number of nitrogens with one attached hydrogen (secondary N) is 1. The Bertz CT molecular complexity index is 1170. The fourth-order valence-electron chi connectivity index (χ4n) is 3.17. The number of Topliss-reactive ketones (excluding diaryl/α,β-unsaturated/α-hetero) is 1. The number of rotatable bonds is 9. The van der Waals surface area contributed by atoms with Crippen LogP contribution < -0.4 is 19.7 Å². The van der Waals surface area contributed by atoms with Gasteiger partial charge in [0, 0.05) is 12.1 Å². The van der Waals surface area contributed by atoms with Crippen molar-refractivity contribution in [2.75, 3.05) is 42.0 Å². The van der Waals surface area contributed by atoms with Crippen LogP contribution in [0.3, 0.4) is 0 Å². The van der Waals surface area contributed by atoms with Gasteiger partial charge < -0.3 is 19.7 Å². The Morgan fingerprint density at radius 3 is 2.69 bits per heavy atom. The highest BCUT2D eigenvalue weighted by Crippen LogP contribution is 2.33. The molecule has 0 fully saturated rings. The Kier molecular flexibility index (Phi) is 6.94. The molecule has 0 saturated heterocycles. The van der Waals surface area contributed by atoms with Gasteiger partial charge in [-0.3, -0.25) is 14.4 Å². The zero-order chi connectivity index (χ0) is 23.3. The van der Waals surface area contributed by atoms with Crippen LogP contribution in [0, 0.1) is 0 Å². The molecule has 0 unspecified atom stereocenters. The lowest BCUT2D eigenvalue weighted by molar-refractivity contribution is -0.121. The number of para-hydroxylation sites is 2. The molecule has 0 radical (unpaired) electrons. The van der Waals surface area contributed by atoms with Crippen LogP contribution >= 0.6 is 0 Å². The molecule has 2 aromatic rings. The Hall–Kier alpha value is -3.66. The molecule has 0 aliphatic carbocycles. The summed E-state index contributed by atoms with van der Waals surface area (Å²) in [6.45, 7) is 3.69. The van der Waals surface area contributed by atoms with Crippen LogP contribution in [-0.2, 0) is 19.4 Å². The third-order valence-corrected chi connectivity index (χ3v) is 6.02. The molecule has 10 heteroatoms. The Morgan fingerprint density at radius 2 is 1.97 bits per heavy atom. The minimum atomic E-state index is -4.05. The van der Waals surface area contributed by atoms with Crippen molar-refractivity contribution < 1.29 is 32.3 Å². The number of fused-ring (bicyclic) bond motifs is 1. The van der Waals surface area contributed by atoms with Crippen LogP contribution in [0.2, 0.25) is 0 Å². The van der Waals surface area contributed by atoms with Gasteiger partial charge in [0.15, 0.2) is 22.2 Å². The van der Waals surface area contributed by atoms with Crippen molar-refractivity contribution >= 4 is 38.8 Å². The minimum Gasteiger partial charge on any atom is -0.495 e. The molecule has 0 atom stereocenters. The number of sulfone groups is 1. The van der Waals surface area contributed by atoms with Crippen LogP contribution in [0.5, 0.6) is 11.5 Å². The summed E-state index contributed by atoms with van der Waals surface area (Å²) in [6, 6.07) is 10.9. The van der Waals surface area contributed by atoms with E-state index in [1.54, 1.807) is 24.3 Å². The topological polar surface area (TPSA) is 119 Å². The molecule has 2 amide bonds. The lowest BCUT2D eigenvalue weighted by Crippen LogP contribution is -2.39. The maximum atomic E-state index is 12.6. The molecule has 9 nitrogen and oxygen atoms in total. The van der Waals surface area contributed by atoms with Crippen molar-refractivity contribution in [1.29, 1.82) is 0 Å². The molecule has 1 heterocycles. The van der Waals surface area contributed by atoms with E-state index in [4.69, 9.17) is 9.47 Å². The third-order valence-electron chi connectivity index (χ3n) is 4.62. The van der Waals surface area contributed by atoms with Crippen LogP contribution in [-0.4, -0.2) is 57.8 Å². The highest BCUT2D eigenvalue weighted by molar-refractivity contribution is 7.92. The summed E-state index contributed by atoms with van der Waals surface area (Å²) in [4.78, 5) is 38.4. The van der Waals surface area contributed by atoms with Gasteiger partial charge in [-0.1, -0.05) is 18.2 Å². The summed E-state index contributed by atoms with van der Waals surface area (Å²) >= 11 is 0. The van der Waals surface area contributed by atoms with Crippen molar-refractivity contribution in [3.8, 4) is 11.5 Å². The van der Waals surface area contributed by atoms with Crippen molar-refractivity contribution in [3.63, 3.8) is 0 Å². The molecule has 2 aromatic carbocycles. The zero-order valence-corrected chi connectivity index (χ0v) is 18.2. The van der Waals surface area contributed by atoms with Crippen LogP contribution in [0.15, 0.2) is 55.1 Å². The summed E-state index contributed by atoms with van der Waals surface area (Å²) < 4.78 is 35.4. The van der Waals surface area contributed by atoms with Gasteiger partial charge in [0.2, 0.25) is 5.91 Å². The van der Waals surface area contributed by atoms with Gasteiger partial charge in [0.05, 0.1) is 18.5 Å². The van der Waals surface area contributed by atoms with Crippen molar-refractivity contribution in [1.82, 2.24) is 0 Å². The normalized spacial score (nSPS) is 13.0. The van der Waals surface area contributed by atoms with E-state index in [0.717, 1.165) is 0 Å². The molecule has 1 aliphatic rings. The highest BCUT2D eigenvalue weighted by Gasteiger charge is 2.27. The standard InChI is InChI=1S/C22H22N2O7S/c1-3-10-24-17-11-15(8-9-20(17)31-12-22(24)27)18(25)13-32(28,29)14-21(26)23-16-6-4-5-7-19(16)30-2/h3-9,11H,1,10,12-14H2,2H3,(H,23,26). The molecule has 0 saturated carbocycles. The molecule has 0 spiro atoms. The molecular formula is C22H22N2O7S. The largest absolute Gasteiger partial charge is 0.495 e. The average Bonchev–Trinajstić information content (AvgIpc) is 2.75. The van der Waals surface area contributed by atoms with E-state index < -0.39 is 33.0 Å². The number of amides is 2. The predicted octanol–water partition coefficient (Wildman–Crippen LogP) is 1.84. The Balaban J connectivity index is 1.71. The molecule has 168 valence electrons. The van der Waals surface area contributed by atoms with Gasteiger partial charge in [-0.2, -0.15) is 0 Å². The molecule has 3 rings (SSSR count). The average molecular weight is 458 g/mol. The van der Waals surface area contributed by atoms with E-state index in [2.05, 4.69) is 11.9 Å². The van der Waals surface area contributed by atoms with E-state index in [9.17, 15) is 22.8 Å². The number of hydrogen-bond donors (Lipinski definition) is 1. The predicted molar refractivity (Wildman–Crippen MR) is 119 cm³/mol. The van der Waals surface area contributed by atoms with Crippen molar-refractivity contribution in [2.24, 2.45) is 0 Å². The van der Waals surface area contributed by atoms with Gasteiger partial charge in [-0.25, -0.2) is 8.42 Å². The highest BCUT2D eigenvalue weighted by atomic mass is 32.2. The first kappa shape index (κ1) is 23.0. The molecule has 1 aliphatic heterocycles. The molecular weight excluding hydrogens is 436 g/mol. The first-order valence-corrected chi connectivity index (χ1v) is 11.4. The summed E-state index contributed by atoms with van der Waals surface area (Å²) in [5, 5.41) is 2.47. The Labute approximate surface area is 185 Å². The second-order valence-electron chi connectivity index (χ2n) is 6.97. The number of hydrogen-bond acceptors (Lipinski definition) is 7. The number of carbonyl (C=O) groups excluding carboxylic acids is 3. The smallest absolute Gasteiger partial charge is 0.265 e. The molecule has 0 aromatic heterocycles. The second-order valence-corrected chi connectivity index (χ2v) is 9.03. The SMILES string of the molecule is C=CCN1C(=O)COc2ccc(C(=O)CS(=O)(=O)CC(=O)Nc3ccccc3OC)cc21. The molecule has 32 heavy (non-hydrogen) atoms. The molecule has 1 N–H and O–H groups in total. The van der Waals surface area contributed by atoms with Gasteiger partial charge >= 0.3 is 0 Å². The second kappa shape index (κ2) is 9.65. The lowest BCUT2D eigenvalue weighted by atomic mass is 10.1. The van der Waals surface area contributed by atoms with Crippen molar-refractivity contribution in [3.05, 3.63) is 60.7 Å². The number of benzene rings is 2. The number of ether oxygens (including phenoxy) is 2. The van der Waals surface area contributed by atoms with Crippen LogP contribution in [0.25, 0.3) is 0 Å². The fourth-order valence-corrected chi connectivity index (χ4v) is 4.31. The van der Waals surface area contributed by atoms with E-state index >= 15 is 0 Å². The van der Waals surface area contributed by atoms with Crippen LogP contribution in [0.4, 0.5) is 11.4 Å². The van der Waals surface area contributed by atoms with E-state index in [0.29, 0.717) is 22.9 Å². The van der Waals surface area contributed by atoms with Crippen LogP contribution in [0.1, 0.15) is 10.4 Å². The number of anilines is 2. The zero-order valence-electron chi connectivity index (χ0n) is 17.4. The monoisotopic (exact) mass is 458 g/mol. The van der Waals surface area contributed by atoms with E-state index in [-0.39, 0.29) is 24.6 Å². The van der Waals surface area contributed by atoms with Gasteiger partial charge in [0.1, 0.15) is 23.0 Å². The summed E-state index contributed by atoms with van der Waals surface area (Å²) in [7, 11) is -2.63.